The number of anilines is 1. The topological polar surface area (TPSA) is 63.7 Å². The van der Waals surface area contributed by atoms with Gasteiger partial charge in [0.2, 0.25) is 5.91 Å². The Bertz CT molecular complexity index is 857. The van der Waals surface area contributed by atoms with Gasteiger partial charge in [0.1, 0.15) is 5.75 Å². The fourth-order valence-electron chi connectivity index (χ4n) is 3.44. The lowest BCUT2D eigenvalue weighted by Gasteiger charge is -2.29. The van der Waals surface area contributed by atoms with Crippen LogP contribution in [-0.4, -0.2) is 20.9 Å². The van der Waals surface area contributed by atoms with E-state index >= 15 is 0 Å². The summed E-state index contributed by atoms with van der Waals surface area (Å²) in [7, 11) is -3.98. The highest BCUT2D eigenvalue weighted by Crippen LogP contribution is 2.32. The van der Waals surface area contributed by atoms with Crippen LogP contribution in [0.1, 0.15) is 39.0 Å². The van der Waals surface area contributed by atoms with E-state index in [0.717, 1.165) is 36.4 Å². The molecule has 1 fully saturated rings. The van der Waals surface area contributed by atoms with Crippen molar-refractivity contribution in [3.05, 3.63) is 54.6 Å². The Labute approximate surface area is 161 Å². The van der Waals surface area contributed by atoms with E-state index in [-0.39, 0.29) is 16.7 Å². The number of benzene rings is 2. The molecular weight excluding hydrogens is 362 g/mol. The van der Waals surface area contributed by atoms with Gasteiger partial charge in [-0.3, -0.25) is 4.79 Å². The molecule has 0 bridgehead atoms. The average Bonchev–Trinajstić information content (AvgIpc) is 2.71. The highest BCUT2D eigenvalue weighted by Gasteiger charge is 2.35. The third-order valence-corrected chi connectivity index (χ3v) is 6.56. The van der Waals surface area contributed by atoms with Crippen LogP contribution in [0.15, 0.2) is 59.5 Å². The molecule has 0 spiro atoms. The molecule has 1 aliphatic rings. The summed E-state index contributed by atoms with van der Waals surface area (Å²) in [5.41, 5.74) is 0.345. The maximum atomic E-state index is 13.3. The van der Waals surface area contributed by atoms with Crippen LogP contribution >= 0.6 is 0 Å². The molecule has 0 heterocycles. The molecule has 5 nitrogen and oxygen atoms in total. The number of carbonyl (C=O) groups excluding carboxylic acids is 1. The normalized spacial score (nSPS) is 15.3. The summed E-state index contributed by atoms with van der Waals surface area (Å²) in [5, 5.41) is 0. The Morgan fingerprint density at radius 1 is 1.00 bits per heavy atom. The van der Waals surface area contributed by atoms with E-state index in [9.17, 15) is 13.2 Å². The quantitative estimate of drug-likeness (QED) is 0.737. The number of amides is 1. The van der Waals surface area contributed by atoms with Crippen molar-refractivity contribution in [3.8, 4) is 5.75 Å². The zero-order valence-corrected chi connectivity index (χ0v) is 16.3. The van der Waals surface area contributed by atoms with Crippen molar-refractivity contribution >= 4 is 21.6 Å². The Hall–Kier alpha value is -2.34. The second-order valence-electron chi connectivity index (χ2n) is 6.68. The molecular formula is C21H25NO4S. The summed E-state index contributed by atoms with van der Waals surface area (Å²) in [6.07, 6.45) is 4.48. The summed E-state index contributed by atoms with van der Waals surface area (Å²) in [4.78, 5) is 13.4. The van der Waals surface area contributed by atoms with Crippen LogP contribution in [-0.2, 0) is 14.8 Å². The molecule has 1 aliphatic carbocycles. The first-order valence-electron chi connectivity index (χ1n) is 9.41. The standard InChI is InChI=1S/C21H25NO4S/c1-2-26-19-15-13-18(14-16-19)22(21(23)17-9-5-3-6-10-17)27(24,25)20-11-7-4-8-12-20/h4,7-8,11-17H,2-3,5-6,9-10H2,1H3. The van der Waals surface area contributed by atoms with Gasteiger partial charge in [0.05, 0.1) is 17.2 Å². The van der Waals surface area contributed by atoms with Crippen molar-refractivity contribution in [2.24, 2.45) is 5.92 Å². The van der Waals surface area contributed by atoms with Crippen LogP contribution in [0.2, 0.25) is 0 Å². The van der Waals surface area contributed by atoms with Gasteiger partial charge in [-0.05, 0) is 56.2 Å². The predicted octanol–water partition coefficient (Wildman–Crippen LogP) is 4.39. The van der Waals surface area contributed by atoms with Gasteiger partial charge in [-0.1, -0.05) is 37.5 Å². The Balaban J connectivity index is 2.01. The smallest absolute Gasteiger partial charge is 0.270 e. The molecule has 27 heavy (non-hydrogen) atoms. The van der Waals surface area contributed by atoms with Gasteiger partial charge in [0, 0.05) is 5.92 Å². The summed E-state index contributed by atoms with van der Waals surface area (Å²) >= 11 is 0. The molecule has 6 heteroatoms. The first kappa shape index (κ1) is 19.4. The molecule has 0 saturated heterocycles. The third-order valence-electron chi connectivity index (χ3n) is 4.82. The Morgan fingerprint density at radius 2 is 1.63 bits per heavy atom. The van der Waals surface area contributed by atoms with E-state index in [1.165, 1.54) is 12.1 Å². The number of hydrogen-bond acceptors (Lipinski definition) is 4. The van der Waals surface area contributed by atoms with Gasteiger partial charge in [-0.25, -0.2) is 12.7 Å². The number of rotatable bonds is 6. The van der Waals surface area contributed by atoms with Crippen molar-refractivity contribution in [1.29, 1.82) is 0 Å². The zero-order valence-electron chi connectivity index (χ0n) is 15.5. The van der Waals surface area contributed by atoms with Gasteiger partial charge in [0.25, 0.3) is 10.0 Å². The molecule has 0 unspecified atom stereocenters. The fraction of sp³-hybridized carbons (Fsp3) is 0.381. The van der Waals surface area contributed by atoms with Crippen molar-refractivity contribution in [3.63, 3.8) is 0 Å². The Morgan fingerprint density at radius 3 is 2.22 bits per heavy atom. The van der Waals surface area contributed by atoms with Crippen LogP contribution in [0.5, 0.6) is 5.75 Å². The summed E-state index contributed by atoms with van der Waals surface area (Å²) < 4.78 is 33.0. The van der Waals surface area contributed by atoms with Crippen LogP contribution in [0.4, 0.5) is 5.69 Å². The molecule has 0 N–H and O–H groups in total. The maximum absolute atomic E-state index is 13.3. The monoisotopic (exact) mass is 387 g/mol. The van der Waals surface area contributed by atoms with Gasteiger partial charge in [-0.2, -0.15) is 0 Å². The van der Waals surface area contributed by atoms with Crippen molar-refractivity contribution < 1.29 is 17.9 Å². The zero-order chi connectivity index (χ0) is 19.3. The van der Waals surface area contributed by atoms with Crippen LogP contribution in [0.3, 0.4) is 0 Å². The SMILES string of the molecule is CCOc1ccc(N(C(=O)C2CCCCC2)S(=O)(=O)c2ccccc2)cc1. The highest BCUT2D eigenvalue weighted by atomic mass is 32.2. The second-order valence-corrected chi connectivity index (χ2v) is 8.47. The average molecular weight is 388 g/mol. The van der Waals surface area contributed by atoms with Crippen LogP contribution < -0.4 is 9.04 Å². The van der Waals surface area contributed by atoms with Crippen molar-refractivity contribution in [2.45, 2.75) is 43.9 Å². The van der Waals surface area contributed by atoms with Crippen LogP contribution in [0, 0.1) is 5.92 Å². The lowest BCUT2D eigenvalue weighted by Crippen LogP contribution is -2.41. The van der Waals surface area contributed by atoms with Crippen molar-refractivity contribution in [2.75, 3.05) is 10.9 Å². The number of carbonyl (C=O) groups is 1. The van der Waals surface area contributed by atoms with E-state index in [0.29, 0.717) is 18.0 Å². The molecule has 2 aromatic rings. The van der Waals surface area contributed by atoms with E-state index in [1.807, 2.05) is 6.92 Å². The molecule has 2 aromatic carbocycles. The molecule has 3 rings (SSSR count). The molecule has 0 aliphatic heterocycles. The second kappa shape index (κ2) is 8.57. The van der Waals surface area contributed by atoms with E-state index in [2.05, 4.69) is 0 Å². The van der Waals surface area contributed by atoms with E-state index in [4.69, 9.17) is 4.74 Å². The molecule has 1 amide bonds. The highest BCUT2D eigenvalue weighted by molar-refractivity contribution is 7.93. The minimum atomic E-state index is -3.98. The minimum absolute atomic E-state index is 0.114. The number of ether oxygens (including phenoxy) is 1. The van der Waals surface area contributed by atoms with E-state index in [1.54, 1.807) is 42.5 Å². The molecule has 144 valence electrons. The Kier molecular flexibility index (Phi) is 6.16. The van der Waals surface area contributed by atoms with Crippen LogP contribution in [0.25, 0.3) is 0 Å². The maximum Gasteiger partial charge on any atom is 0.270 e. The molecule has 0 atom stereocenters. The lowest BCUT2D eigenvalue weighted by atomic mass is 9.88. The van der Waals surface area contributed by atoms with Gasteiger partial charge < -0.3 is 4.74 Å². The number of hydrogen-bond donors (Lipinski definition) is 0. The largest absolute Gasteiger partial charge is 0.494 e. The fourth-order valence-corrected chi connectivity index (χ4v) is 4.94. The van der Waals surface area contributed by atoms with Gasteiger partial charge in [0.15, 0.2) is 0 Å². The van der Waals surface area contributed by atoms with E-state index < -0.39 is 10.0 Å². The number of nitrogens with zero attached hydrogens (tertiary/aromatic N) is 1. The lowest BCUT2D eigenvalue weighted by molar-refractivity contribution is -0.122. The first-order valence-corrected chi connectivity index (χ1v) is 10.8. The summed E-state index contributed by atoms with van der Waals surface area (Å²) in [5.74, 6) is 0.0370. The van der Waals surface area contributed by atoms with Gasteiger partial charge in [-0.15, -0.1) is 0 Å². The molecule has 1 saturated carbocycles. The van der Waals surface area contributed by atoms with Crippen molar-refractivity contribution in [1.82, 2.24) is 0 Å². The first-order chi connectivity index (χ1) is 13.0. The summed E-state index contributed by atoms with van der Waals surface area (Å²) in [6.45, 7) is 2.40. The molecule has 0 radical (unpaired) electrons. The van der Waals surface area contributed by atoms with Gasteiger partial charge >= 0.3 is 0 Å². The predicted molar refractivity (Wildman–Crippen MR) is 105 cm³/mol. The molecule has 0 aromatic heterocycles. The number of sulfonamides is 1. The third kappa shape index (κ3) is 4.33. The minimum Gasteiger partial charge on any atom is -0.494 e. The summed E-state index contributed by atoms with van der Waals surface area (Å²) in [6, 6.07) is 14.8.